The van der Waals surface area contributed by atoms with E-state index in [0.717, 1.165) is 56.0 Å². The van der Waals surface area contributed by atoms with Gasteiger partial charge in [-0.3, -0.25) is 9.80 Å². The number of nitrogens with one attached hydrogen (secondary N) is 1. The average Bonchev–Trinajstić information content (AvgIpc) is 3.48. The number of aromatic nitrogens is 4. The molecule has 1 unspecified atom stereocenters. The molecule has 3 atom stereocenters. The molecule has 0 radical (unpaired) electrons. The Kier molecular flexibility index (Phi) is 9.50. The van der Waals surface area contributed by atoms with Gasteiger partial charge in [0.25, 0.3) is 5.89 Å². The first-order chi connectivity index (χ1) is 20.7. The number of benzene rings is 1. The molecule has 43 heavy (non-hydrogen) atoms. The van der Waals surface area contributed by atoms with E-state index in [2.05, 4.69) is 39.2 Å². The average molecular weight is 599 g/mol. The molecule has 2 saturated heterocycles. The van der Waals surface area contributed by atoms with Gasteiger partial charge in [-0.05, 0) is 57.7 Å². The van der Waals surface area contributed by atoms with Gasteiger partial charge >= 0.3 is 12.0 Å². The minimum absolute atomic E-state index is 0.202. The van der Waals surface area contributed by atoms with Gasteiger partial charge in [0.15, 0.2) is 11.6 Å². The van der Waals surface area contributed by atoms with Gasteiger partial charge in [-0.15, -0.1) is 5.10 Å². The molecule has 13 heteroatoms. The quantitative estimate of drug-likeness (QED) is 0.358. The summed E-state index contributed by atoms with van der Waals surface area (Å²) in [7, 11) is 1.32. The van der Waals surface area contributed by atoms with Crippen molar-refractivity contribution in [1.29, 1.82) is 0 Å². The zero-order valence-corrected chi connectivity index (χ0v) is 25.4. The molecule has 232 valence electrons. The lowest BCUT2D eigenvalue weighted by Crippen LogP contribution is -2.62. The first-order valence-electron chi connectivity index (χ1n) is 14.9. The van der Waals surface area contributed by atoms with Crippen LogP contribution >= 0.6 is 0 Å². The van der Waals surface area contributed by atoms with Crippen molar-refractivity contribution in [2.45, 2.75) is 71.1 Å². The molecule has 1 N–H and O–H groups in total. The van der Waals surface area contributed by atoms with Crippen LogP contribution in [0.25, 0.3) is 11.6 Å². The molecule has 0 amide bonds. The predicted molar refractivity (Wildman–Crippen MR) is 158 cm³/mol. The van der Waals surface area contributed by atoms with Gasteiger partial charge in [0, 0.05) is 50.8 Å². The lowest BCUT2D eigenvalue weighted by molar-refractivity contribution is -0.148. The number of likely N-dealkylation sites (tertiary alicyclic amines) is 1. The van der Waals surface area contributed by atoms with Crippen molar-refractivity contribution >= 4 is 17.8 Å². The largest absolute Gasteiger partial charge is 0.468 e. The van der Waals surface area contributed by atoms with Gasteiger partial charge in [-0.2, -0.15) is 0 Å². The topological polar surface area (TPSA) is 113 Å². The van der Waals surface area contributed by atoms with E-state index >= 15 is 0 Å². The van der Waals surface area contributed by atoms with Gasteiger partial charge in [-0.25, -0.2) is 23.5 Å². The van der Waals surface area contributed by atoms with E-state index in [4.69, 9.17) is 19.1 Å². The Morgan fingerprint density at radius 1 is 1.16 bits per heavy atom. The third kappa shape index (κ3) is 6.47. The summed E-state index contributed by atoms with van der Waals surface area (Å²) in [5.74, 6) is -1.21. The van der Waals surface area contributed by atoms with Crippen molar-refractivity contribution in [3.05, 3.63) is 47.3 Å². The highest BCUT2D eigenvalue weighted by atomic mass is 19.2. The molecule has 1 aromatic carbocycles. The number of rotatable bonds is 9. The highest BCUT2D eigenvalue weighted by Gasteiger charge is 2.39. The van der Waals surface area contributed by atoms with Gasteiger partial charge in [0.1, 0.15) is 17.6 Å². The van der Waals surface area contributed by atoms with Crippen LogP contribution in [-0.4, -0.2) is 93.9 Å². The Labute approximate surface area is 250 Å². The molecular formula is C30H40F2N8O3. The molecule has 2 aliphatic heterocycles. The smallest absolute Gasteiger partial charge is 0.327 e. The maximum Gasteiger partial charge on any atom is 0.327 e. The second kappa shape index (κ2) is 13.3. The van der Waals surface area contributed by atoms with E-state index in [-0.39, 0.29) is 6.04 Å². The molecule has 4 heterocycles. The summed E-state index contributed by atoms with van der Waals surface area (Å²) in [5, 5.41) is 11.1. The van der Waals surface area contributed by atoms with E-state index in [1.165, 1.54) is 13.2 Å². The Bertz CT molecular complexity index is 1410. The maximum atomic E-state index is 14.0. The first-order valence-corrected chi connectivity index (χ1v) is 14.9. The molecule has 0 saturated carbocycles. The van der Waals surface area contributed by atoms with Gasteiger partial charge in [-0.1, -0.05) is 18.1 Å². The fraction of sp³-hybridized carbons (Fsp3) is 0.567. The Balaban J connectivity index is 1.26. The van der Waals surface area contributed by atoms with E-state index in [9.17, 15) is 13.6 Å². The van der Waals surface area contributed by atoms with Gasteiger partial charge < -0.3 is 19.4 Å². The van der Waals surface area contributed by atoms with Crippen LogP contribution in [-0.2, 0) is 9.53 Å². The summed E-state index contributed by atoms with van der Waals surface area (Å²) >= 11 is 0. The molecule has 0 spiro atoms. The molecule has 5 rings (SSSR count). The third-order valence-corrected chi connectivity index (χ3v) is 8.54. The van der Waals surface area contributed by atoms with Crippen molar-refractivity contribution in [2.24, 2.45) is 0 Å². The fourth-order valence-electron chi connectivity index (χ4n) is 6.35. The number of halogens is 2. The van der Waals surface area contributed by atoms with E-state index in [1.54, 1.807) is 6.20 Å². The molecular weight excluding hydrogens is 558 g/mol. The van der Waals surface area contributed by atoms with Crippen molar-refractivity contribution in [2.75, 3.05) is 50.1 Å². The lowest BCUT2D eigenvalue weighted by Gasteiger charge is -2.51. The Hall–Kier alpha value is -3.71. The summed E-state index contributed by atoms with van der Waals surface area (Å²) in [6.07, 6.45) is 4.37. The highest BCUT2D eigenvalue weighted by molar-refractivity contribution is 5.77. The number of ether oxygens (including phenoxy) is 1. The third-order valence-electron chi connectivity index (χ3n) is 8.54. The molecule has 2 aliphatic rings. The van der Waals surface area contributed by atoms with Crippen LogP contribution in [0.2, 0.25) is 0 Å². The van der Waals surface area contributed by atoms with Crippen LogP contribution in [0.5, 0.6) is 0 Å². The van der Waals surface area contributed by atoms with E-state index in [1.807, 2.05) is 18.7 Å². The number of piperazine rings is 1. The number of carbonyl (C=O) groups excluding carboxylic acids is 1. The number of methoxy groups -OCH3 is 1. The minimum Gasteiger partial charge on any atom is -0.468 e. The first kappa shape index (κ1) is 30.7. The van der Waals surface area contributed by atoms with E-state index in [0.29, 0.717) is 54.9 Å². The van der Waals surface area contributed by atoms with Gasteiger partial charge in [0.05, 0.1) is 19.0 Å². The zero-order valence-electron chi connectivity index (χ0n) is 25.4. The van der Waals surface area contributed by atoms with Crippen molar-refractivity contribution in [1.82, 2.24) is 30.0 Å². The number of anilines is 2. The molecule has 0 bridgehead atoms. The SMILES string of the molecule is CCNc1nnc(-c2cnc(N3C[C@H](CC)N(C4CCN(C(C(=O)OC)c5ccc(F)c(F)c5)CC4)C[C@H]3C)c(C)n2)o1. The number of hydrogen-bond acceptors (Lipinski definition) is 11. The van der Waals surface area contributed by atoms with Crippen molar-refractivity contribution in [3.8, 4) is 11.6 Å². The number of esters is 1. The molecule has 2 fully saturated rings. The van der Waals surface area contributed by atoms with Crippen LogP contribution in [0.1, 0.15) is 57.3 Å². The zero-order chi connectivity index (χ0) is 30.7. The molecule has 0 aliphatic carbocycles. The predicted octanol–water partition coefficient (Wildman–Crippen LogP) is 4.21. The van der Waals surface area contributed by atoms with Crippen LogP contribution in [0.3, 0.4) is 0 Å². The Morgan fingerprint density at radius 2 is 1.93 bits per heavy atom. The number of nitrogens with zero attached hydrogens (tertiary/aromatic N) is 7. The summed E-state index contributed by atoms with van der Waals surface area (Å²) in [6.45, 7) is 12.0. The molecule has 3 aromatic rings. The summed E-state index contributed by atoms with van der Waals surface area (Å²) in [6, 6.07) is 4.05. The van der Waals surface area contributed by atoms with E-state index < -0.39 is 23.6 Å². The standard InChI is InChI=1S/C30H40F2N8O3/c1-6-21-17-39(27-19(4)35-25(15-34-27)28-36-37-30(43-28)33-7-2)18(3)16-40(21)22-10-12-38(13-11-22)26(29(41)42-5)20-8-9-23(31)24(32)14-20/h8-9,14-15,18,21-22,26H,6-7,10-13,16-17H2,1-5H3,(H,33,37)/t18-,21+,26?/m1/s1. The summed E-state index contributed by atoms with van der Waals surface area (Å²) < 4.78 is 38.3. The van der Waals surface area contributed by atoms with Crippen LogP contribution in [0.15, 0.2) is 28.8 Å². The summed E-state index contributed by atoms with van der Waals surface area (Å²) in [5.41, 5.74) is 1.74. The number of piperidine rings is 1. The van der Waals surface area contributed by atoms with Crippen LogP contribution in [0, 0.1) is 18.6 Å². The monoisotopic (exact) mass is 598 g/mol. The lowest BCUT2D eigenvalue weighted by atomic mass is 9.94. The molecule has 11 nitrogen and oxygen atoms in total. The maximum absolute atomic E-state index is 14.0. The number of hydrogen-bond donors (Lipinski definition) is 1. The summed E-state index contributed by atoms with van der Waals surface area (Å²) in [4.78, 5) is 29.2. The van der Waals surface area contributed by atoms with Crippen LogP contribution in [0.4, 0.5) is 20.6 Å². The van der Waals surface area contributed by atoms with Crippen LogP contribution < -0.4 is 10.2 Å². The van der Waals surface area contributed by atoms with Crippen molar-refractivity contribution in [3.63, 3.8) is 0 Å². The van der Waals surface area contributed by atoms with Crippen molar-refractivity contribution < 1.29 is 22.7 Å². The Morgan fingerprint density at radius 3 is 2.58 bits per heavy atom. The van der Waals surface area contributed by atoms with Gasteiger partial charge in [0.2, 0.25) is 0 Å². The molecule has 2 aromatic heterocycles. The fourth-order valence-corrected chi connectivity index (χ4v) is 6.35. The minimum atomic E-state index is -0.971. The normalized spacial score (nSPS) is 21.1. The number of carbonyl (C=O) groups is 1. The highest BCUT2D eigenvalue weighted by Crippen LogP contribution is 2.33. The second-order valence-corrected chi connectivity index (χ2v) is 11.2. The number of aryl methyl sites for hydroxylation is 1. The second-order valence-electron chi connectivity index (χ2n) is 11.2.